The zero-order valence-electron chi connectivity index (χ0n) is 11.3. The normalized spacial score (nSPS) is 20.8. The number of hydrogen-bond acceptors (Lipinski definition) is 3. The van der Waals surface area contributed by atoms with Gasteiger partial charge in [-0.3, -0.25) is 9.69 Å². The Morgan fingerprint density at radius 1 is 1.35 bits per heavy atom. The minimum atomic E-state index is -0.418. The molecule has 20 heavy (non-hydrogen) atoms. The quantitative estimate of drug-likeness (QED) is 0.889. The van der Waals surface area contributed by atoms with Crippen molar-refractivity contribution in [2.24, 2.45) is 5.73 Å². The molecule has 1 saturated heterocycles. The molecule has 2 aromatic rings. The van der Waals surface area contributed by atoms with Gasteiger partial charge in [0.05, 0.1) is 11.1 Å². The van der Waals surface area contributed by atoms with Crippen molar-refractivity contribution in [1.29, 1.82) is 0 Å². The van der Waals surface area contributed by atoms with Crippen molar-refractivity contribution in [3.05, 3.63) is 29.6 Å². The van der Waals surface area contributed by atoms with Crippen LogP contribution in [0.5, 0.6) is 0 Å². The first kappa shape index (κ1) is 11.9. The van der Waals surface area contributed by atoms with Gasteiger partial charge in [-0.2, -0.15) is 0 Å². The molecule has 1 saturated carbocycles. The fourth-order valence-corrected chi connectivity index (χ4v) is 3.18. The maximum absolute atomic E-state index is 11.4. The summed E-state index contributed by atoms with van der Waals surface area (Å²) in [5, 5.41) is 0. The number of imidazole rings is 1. The van der Waals surface area contributed by atoms with E-state index in [4.69, 9.17) is 5.73 Å². The molecule has 2 fully saturated rings. The molecule has 0 bridgehead atoms. The minimum Gasteiger partial charge on any atom is -0.366 e. The lowest BCUT2D eigenvalue weighted by Gasteiger charge is -2.47. The standard InChI is InChI=1S/C15H18N4O/c16-14(20)11-5-2-6-12-13(11)18-15(17-12)9-7-19(8-9)10-3-1-4-10/h2,5-6,9-10H,1,3-4,7-8H2,(H2,16,20)(H,17,18). The molecule has 2 aliphatic rings. The average Bonchev–Trinajstić information content (AvgIpc) is 2.72. The minimum absolute atomic E-state index is 0.418. The van der Waals surface area contributed by atoms with Crippen LogP contribution in [0.25, 0.3) is 11.0 Å². The number of amides is 1. The Bertz CT molecular complexity index is 668. The first-order chi connectivity index (χ1) is 9.72. The van der Waals surface area contributed by atoms with Gasteiger partial charge < -0.3 is 10.7 Å². The highest BCUT2D eigenvalue weighted by atomic mass is 16.1. The number of aromatic nitrogens is 2. The van der Waals surface area contributed by atoms with Crippen LogP contribution in [0.4, 0.5) is 0 Å². The highest BCUT2D eigenvalue weighted by Crippen LogP contribution is 2.35. The smallest absolute Gasteiger partial charge is 0.250 e. The highest BCUT2D eigenvalue weighted by molar-refractivity contribution is 6.04. The number of likely N-dealkylation sites (tertiary alicyclic amines) is 1. The number of nitrogens with two attached hydrogens (primary N) is 1. The number of carbonyl (C=O) groups is 1. The van der Waals surface area contributed by atoms with Crippen LogP contribution in [0.2, 0.25) is 0 Å². The van der Waals surface area contributed by atoms with Gasteiger partial charge in [0.2, 0.25) is 0 Å². The number of fused-ring (bicyclic) bond motifs is 1. The second kappa shape index (κ2) is 4.31. The number of H-pyrrole nitrogens is 1. The molecule has 0 spiro atoms. The number of para-hydroxylation sites is 1. The molecule has 1 aromatic heterocycles. The third kappa shape index (κ3) is 1.73. The molecule has 0 radical (unpaired) electrons. The number of carbonyl (C=O) groups excluding carboxylic acids is 1. The van der Waals surface area contributed by atoms with Crippen molar-refractivity contribution >= 4 is 16.9 Å². The van der Waals surface area contributed by atoms with Gasteiger partial charge in [0.1, 0.15) is 11.3 Å². The Balaban J connectivity index is 1.59. The fourth-order valence-electron chi connectivity index (χ4n) is 3.18. The van der Waals surface area contributed by atoms with Gasteiger partial charge in [-0.15, -0.1) is 0 Å². The van der Waals surface area contributed by atoms with Crippen molar-refractivity contribution in [3.63, 3.8) is 0 Å². The Kier molecular flexibility index (Phi) is 2.57. The van der Waals surface area contributed by atoms with E-state index in [0.717, 1.165) is 30.5 Å². The Hall–Kier alpha value is -1.88. The predicted octanol–water partition coefficient (Wildman–Crippen LogP) is 1.61. The highest BCUT2D eigenvalue weighted by Gasteiger charge is 2.37. The van der Waals surface area contributed by atoms with Crippen molar-refractivity contribution in [2.45, 2.75) is 31.2 Å². The average molecular weight is 270 g/mol. The second-order valence-corrected chi connectivity index (χ2v) is 5.92. The van der Waals surface area contributed by atoms with E-state index in [1.807, 2.05) is 12.1 Å². The number of nitrogens with one attached hydrogen (secondary N) is 1. The molecule has 5 heteroatoms. The van der Waals surface area contributed by atoms with Crippen LogP contribution < -0.4 is 5.73 Å². The fraction of sp³-hybridized carbons (Fsp3) is 0.467. The van der Waals surface area contributed by atoms with Crippen LogP contribution >= 0.6 is 0 Å². The van der Waals surface area contributed by atoms with E-state index in [-0.39, 0.29) is 0 Å². The molecule has 1 aliphatic carbocycles. The molecule has 0 unspecified atom stereocenters. The van der Waals surface area contributed by atoms with Crippen LogP contribution in [-0.2, 0) is 0 Å². The maximum atomic E-state index is 11.4. The third-order valence-corrected chi connectivity index (χ3v) is 4.68. The number of primary amides is 1. The maximum Gasteiger partial charge on any atom is 0.250 e. The van der Waals surface area contributed by atoms with Crippen LogP contribution in [0.15, 0.2) is 18.2 Å². The summed E-state index contributed by atoms with van der Waals surface area (Å²) in [4.78, 5) is 21.9. The molecular weight excluding hydrogens is 252 g/mol. The SMILES string of the molecule is NC(=O)c1cccc2[nH]c(C3CN(C4CCC4)C3)nc12. The zero-order valence-corrected chi connectivity index (χ0v) is 11.3. The van der Waals surface area contributed by atoms with Gasteiger partial charge in [0.15, 0.2) is 0 Å². The molecular formula is C15H18N4O. The molecule has 0 atom stereocenters. The van der Waals surface area contributed by atoms with Gasteiger partial charge in [-0.1, -0.05) is 12.5 Å². The van der Waals surface area contributed by atoms with Gasteiger partial charge in [0.25, 0.3) is 5.91 Å². The lowest BCUT2D eigenvalue weighted by Crippen LogP contribution is -2.53. The van der Waals surface area contributed by atoms with E-state index in [2.05, 4.69) is 14.9 Å². The molecule has 2 heterocycles. The van der Waals surface area contributed by atoms with Gasteiger partial charge in [-0.25, -0.2) is 4.98 Å². The number of benzene rings is 1. The van der Waals surface area contributed by atoms with E-state index in [0.29, 0.717) is 17.0 Å². The Labute approximate surface area is 117 Å². The summed E-state index contributed by atoms with van der Waals surface area (Å²) in [5.74, 6) is 1.03. The number of nitrogens with zero attached hydrogens (tertiary/aromatic N) is 2. The zero-order chi connectivity index (χ0) is 13.7. The van der Waals surface area contributed by atoms with Crippen LogP contribution in [0, 0.1) is 0 Å². The van der Waals surface area contributed by atoms with Crippen molar-refractivity contribution < 1.29 is 4.79 Å². The van der Waals surface area contributed by atoms with Gasteiger partial charge in [0, 0.05) is 25.0 Å². The summed E-state index contributed by atoms with van der Waals surface area (Å²) in [6.45, 7) is 2.16. The molecule has 4 rings (SSSR count). The van der Waals surface area contributed by atoms with Crippen LogP contribution in [0.1, 0.15) is 41.4 Å². The molecule has 1 amide bonds. The number of aromatic amines is 1. The number of hydrogen-bond donors (Lipinski definition) is 2. The first-order valence-corrected chi connectivity index (χ1v) is 7.25. The monoisotopic (exact) mass is 270 g/mol. The number of rotatable bonds is 3. The van der Waals surface area contributed by atoms with Crippen LogP contribution in [-0.4, -0.2) is 39.9 Å². The predicted molar refractivity (Wildman–Crippen MR) is 76.6 cm³/mol. The van der Waals surface area contributed by atoms with E-state index in [1.165, 1.54) is 19.3 Å². The largest absolute Gasteiger partial charge is 0.366 e. The Morgan fingerprint density at radius 2 is 2.15 bits per heavy atom. The topological polar surface area (TPSA) is 75.0 Å². The van der Waals surface area contributed by atoms with Gasteiger partial charge >= 0.3 is 0 Å². The van der Waals surface area contributed by atoms with E-state index in [9.17, 15) is 4.79 Å². The van der Waals surface area contributed by atoms with Crippen LogP contribution in [0.3, 0.4) is 0 Å². The first-order valence-electron chi connectivity index (χ1n) is 7.25. The third-order valence-electron chi connectivity index (χ3n) is 4.68. The Morgan fingerprint density at radius 3 is 2.80 bits per heavy atom. The van der Waals surface area contributed by atoms with E-state index in [1.54, 1.807) is 6.07 Å². The lowest BCUT2D eigenvalue weighted by atomic mass is 9.86. The second-order valence-electron chi connectivity index (χ2n) is 5.92. The summed E-state index contributed by atoms with van der Waals surface area (Å²) in [6.07, 6.45) is 4.07. The van der Waals surface area contributed by atoms with Crippen molar-refractivity contribution in [3.8, 4) is 0 Å². The summed E-state index contributed by atoms with van der Waals surface area (Å²) < 4.78 is 0. The summed E-state index contributed by atoms with van der Waals surface area (Å²) in [5.41, 5.74) is 7.51. The summed E-state index contributed by atoms with van der Waals surface area (Å²) >= 11 is 0. The summed E-state index contributed by atoms with van der Waals surface area (Å²) in [7, 11) is 0. The molecule has 1 aliphatic heterocycles. The van der Waals surface area contributed by atoms with E-state index >= 15 is 0 Å². The molecule has 3 N–H and O–H groups in total. The summed E-state index contributed by atoms with van der Waals surface area (Å²) in [6, 6.07) is 6.32. The molecule has 1 aromatic carbocycles. The molecule has 5 nitrogen and oxygen atoms in total. The van der Waals surface area contributed by atoms with Gasteiger partial charge in [-0.05, 0) is 25.0 Å². The van der Waals surface area contributed by atoms with Crippen molar-refractivity contribution in [1.82, 2.24) is 14.9 Å². The molecule has 104 valence electrons. The van der Waals surface area contributed by atoms with E-state index < -0.39 is 5.91 Å². The van der Waals surface area contributed by atoms with Crippen molar-refractivity contribution in [2.75, 3.05) is 13.1 Å². The lowest BCUT2D eigenvalue weighted by molar-refractivity contribution is 0.0452.